The zero-order valence-electron chi connectivity index (χ0n) is 12.5. The summed E-state index contributed by atoms with van der Waals surface area (Å²) in [6, 6.07) is 19.3. The van der Waals surface area contributed by atoms with E-state index in [2.05, 4.69) is 21.7 Å². The number of hydrogen-bond donors (Lipinski definition) is 2. The Hall–Kier alpha value is -2.70. The van der Waals surface area contributed by atoms with E-state index in [0.29, 0.717) is 0 Å². The lowest BCUT2D eigenvalue weighted by molar-refractivity contribution is 0.262. The first-order valence-electron chi connectivity index (χ1n) is 7.35. The van der Waals surface area contributed by atoms with Gasteiger partial charge in [-0.1, -0.05) is 24.3 Å². The maximum Gasteiger partial charge on any atom is 0.324 e. The van der Waals surface area contributed by atoms with E-state index in [9.17, 15) is 4.79 Å². The molecule has 2 aromatic heterocycles. The molecule has 2 amide bonds. The van der Waals surface area contributed by atoms with Crippen molar-refractivity contribution in [3.63, 3.8) is 0 Å². The number of nitrogens with zero attached hydrogens (tertiary/aromatic N) is 1. The number of carbonyl (C=O) groups is 1. The van der Waals surface area contributed by atoms with Crippen LogP contribution in [-0.2, 0) is 0 Å². The van der Waals surface area contributed by atoms with Gasteiger partial charge in [0, 0.05) is 11.3 Å². The molecule has 118 valence electrons. The van der Waals surface area contributed by atoms with Gasteiger partial charge in [-0.3, -0.25) is 5.32 Å². The van der Waals surface area contributed by atoms with Crippen molar-refractivity contribution in [2.45, 2.75) is 0 Å². The maximum absolute atomic E-state index is 12.0. The predicted molar refractivity (Wildman–Crippen MR) is 102 cm³/mol. The van der Waals surface area contributed by atoms with Gasteiger partial charge in [0.25, 0.3) is 0 Å². The number of rotatable bonds is 3. The number of amides is 2. The third-order valence-electron chi connectivity index (χ3n) is 3.42. The fraction of sp³-hybridized carbons (Fsp3) is 0. The summed E-state index contributed by atoms with van der Waals surface area (Å²) in [5.74, 6) is 0. The Morgan fingerprint density at radius 1 is 0.958 bits per heavy atom. The van der Waals surface area contributed by atoms with Gasteiger partial charge in [-0.2, -0.15) is 0 Å². The van der Waals surface area contributed by atoms with E-state index in [1.54, 1.807) is 11.3 Å². The first kappa shape index (κ1) is 14.9. The van der Waals surface area contributed by atoms with Gasteiger partial charge in [-0.15, -0.1) is 22.7 Å². The monoisotopic (exact) mass is 351 g/mol. The van der Waals surface area contributed by atoms with Crippen molar-refractivity contribution < 1.29 is 4.79 Å². The van der Waals surface area contributed by atoms with E-state index >= 15 is 0 Å². The van der Waals surface area contributed by atoms with E-state index in [4.69, 9.17) is 0 Å². The average molecular weight is 351 g/mol. The highest BCUT2D eigenvalue weighted by Gasteiger charge is 2.08. The van der Waals surface area contributed by atoms with Gasteiger partial charge in [-0.05, 0) is 41.8 Å². The lowest BCUT2D eigenvalue weighted by atomic mass is 10.2. The van der Waals surface area contributed by atoms with Crippen LogP contribution in [0.4, 0.5) is 15.5 Å². The molecular weight excluding hydrogens is 338 g/mol. The van der Waals surface area contributed by atoms with Gasteiger partial charge >= 0.3 is 6.03 Å². The van der Waals surface area contributed by atoms with E-state index in [1.807, 2.05) is 60.0 Å². The summed E-state index contributed by atoms with van der Waals surface area (Å²) in [5, 5.41) is 9.34. The van der Waals surface area contributed by atoms with Crippen molar-refractivity contribution in [3.8, 4) is 10.6 Å². The lowest BCUT2D eigenvalue weighted by Gasteiger charge is -2.07. The van der Waals surface area contributed by atoms with E-state index < -0.39 is 0 Å². The van der Waals surface area contributed by atoms with Crippen LogP contribution in [0.3, 0.4) is 0 Å². The number of hydrogen-bond acceptors (Lipinski definition) is 4. The minimum Gasteiger partial charge on any atom is -0.308 e. The number of benzene rings is 2. The number of para-hydroxylation sites is 1. The molecular formula is C18H13N3OS2. The molecule has 0 bridgehead atoms. The molecule has 2 aromatic carbocycles. The molecule has 24 heavy (non-hydrogen) atoms. The minimum absolute atomic E-state index is 0.251. The highest BCUT2D eigenvalue weighted by molar-refractivity contribution is 7.21. The molecule has 0 aliphatic heterocycles. The van der Waals surface area contributed by atoms with Crippen molar-refractivity contribution in [2.75, 3.05) is 10.6 Å². The SMILES string of the molecule is O=C(Nc1cccc(-c2nc3ccccc3s2)c1)Nc1cccs1. The number of carbonyl (C=O) groups excluding carboxylic acids is 1. The smallest absolute Gasteiger partial charge is 0.308 e. The molecule has 0 radical (unpaired) electrons. The molecule has 0 unspecified atom stereocenters. The summed E-state index contributed by atoms with van der Waals surface area (Å²) in [6.07, 6.45) is 0. The average Bonchev–Trinajstić information content (AvgIpc) is 3.24. The molecule has 0 spiro atoms. The first-order valence-corrected chi connectivity index (χ1v) is 9.05. The van der Waals surface area contributed by atoms with Crippen LogP contribution >= 0.6 is 22.7 Å². The summed E-state index contributed by atoms with van der Waals surface area (Å²) in [4.78, 5) is 16.7. The zero-order valence-corrected chi connectivity index (χ0v) is 14.2. The Balaban J connectivity index is 1.55. The van der Waals surface area contributed by atoms with Crippen LogP contribution in [0, 0.1) is 0 Å². The summed E-state index contributed by atoms with van der Waals surface area (Å²) >= 11 is 3.13. The van der Waals surface area contributed by atoms with Gasteiger partial charge in [0.1, 0.15) is 5.01 Å². The molecule has 4 nitrogen and oxygen atoms in total. The van der Waals surface area contributed by atoms with Gasteiger partial charge in [0.05, 0.1) is 15.2 Å². The van der Waals surface area contributed by atoms with Crippen molar-refractivity contribution in [3.05, 3.63) is 66.0 Å². The fourth-order valence-electron chi connectivity index (χ4n) is 2.35. The molecule has 6 heteroatoms. The number of urea groups is 1. The van der Waals surface area contributed by atoms with Crippen LogP contribution in [-0.4, -0.2) is 11.0 Å². The molecule has 0 saturated carbocycles. The number of thiazole rings is 1. The van der Waals surface area contributed by atoms with Crippen molar-refractivity contribution in [1.82, 2.24) is 4.98 Å². The molecule has 0 saturated heterocycles. The van der Waals surface area contributed by atoms with E-state index in [1.165, 1.54) is 11.3 Å². The Labute approximate surface area is 146 Å². The third-order valence-corrected chi connectivity index (χ3v) is 5.29. The summed E-state index contributed by atoms with van der Waals surface area (Å²) in [7, 11) is 0. The lowest BCUT2D eigenvalue weighted by Crippen LogP contribution is -2.18. The second kappa shape index (κ2) is 6.43. The molecule has 4 rings (SSSR count). The predicted octanol–water partition coefficient (Wildman–Crippen LogP) is 5.67. The van der Waals surface area contributed by atoms with Gasteiger partial charge < -0.3 is 5.32 Å². The molecule has 2 N–H and O–H groups in total. The summed E-state index contributed by atoms with van der Waals surface area (Å²) in [5.41, 5.74) is 2.72. The number of thiophene rings is 1. The van der Waals surface area contributed by atoms with Crippen LogP contribution in [0.5, 0.6) is 0 Å². The molecule has 0 fully saturated rings. The largest absolute Gasteiger partial charge is 0.324 e. The van der Waals surface area contributed by atoms with Crippen molar-refractivity contribution in [2.24, 2.45) is 0 Å². The Morgan fingerprint density at radius 3 is 2.71 bits per heavy atom. The third kappa shape index (κ3) is 3.15. The van der Waals surface area contributed by atoms with Crippen LogP contribution in [0.1, 0.15) is 0 Å². The van der Waals surface area contributed by atoms with Gasteiger partial charge in [-0.25, -0.2) is 9.78 Å². The van der Waals surface area contributed by atoms with Crippen molar-refractivity contribution >= 4 is 49.6 Å². The van der Waals surface area contributed by atoms with E-state index in [-0.39, 0.29) is 6.03 Å². The Kier molecular flexibility index (Phi) is 3.98. The fourth-order valence-corrected chi connectivity index (χ4v) is 3.92. The zero-order chi connectivity index (χ0) is 16.4. The molecule has 4 aromatic rings. The Morgan fingerprint density at radius 2 is 1.88 bits per heavy atom. The van der Waals surface area contributed by atoms with E-state index in [0.717, 1.165) is 31.5 Å². The second-order valence-corrected chi connectivity index (χ2v) is 7.10. The number of fused-ring (bicyclic) bond motifs is 1. The first-order chi connectivity index (χ1) is 11.8. The van der Waals surface area contributed by atoms with Crippen LogP contribution in [0.15, 0.2) is 66.0 Å². The number of anilines is 2. The quantitative estimate of drug-likeness (QED) is 0.500. The minimum atomic E-state index is -0.251. The summed E-state index contributed by atoms with van der Waals surface area (Å²) in [6.45, 7) is 0. The number of aromatic nitrogens is 1. The van der Waals surface area contributed by atoms with Crippen molar-refractivity contribution in [1.29, 1.82) is 0 Å². The standard InChI is InChI=1S/C18H13N3OS2/c22-18(21-16-9-4-10-23-16)19-13-6-3-5-12(11-13)17-20-14-7-1-2-8-15(14)24-17/h1-11H,(H2,19,21,22). The highest BCUT2D eigenvalue weighted by atomic mass is 32.1. The summed E-state index contributed by atoms with van der Waals surface area (Å²) < 4.78 is 1.15. The van der Waals surface area contributed by atoms with Crippen LogP contribution < -0.4 is 10.6 Å². The second-order valence-electron chi connectivity index (χ2n) is 5.12. The molecule has 0 atom stereocenters. The van der Waals surface area contributed by atoms with Gasteiger partial charge in [0.2, 0.25) is 0 Å². The molecule has 0 aliphatic carbocycles. The van der Waals surface area contributed by atoms with Crippen LogP contribution in [0.25, 0.3) is 20.8 Å². The number of nitrogens with one attached hydrogen (secondary N) is 2. The molecule has 0 aliphatic rings. The highest BCUT2D eigenvalue weighted by Crippen LogP contribution is 2.31. The molecule has 2 heterocycles. The van der Waals surface area contributed by atoms with Gasteiger partial charge in [0.15, 0.2) is 0 Å². The Bertz CT molecular complexity index is 959. The maximum atomic E-state index is 12.0. The topological polar surface area (TPSA) is 54.0 Å². The normalized spacial score (nSPS) is 10.7. The van der Waals surface area contributed by atoms with Crippen LogP contribution in [0.2, 0.25) is 0 Å².